The van der Waals surface area contributed by atoms with Crippen molar-refractivity contribution in [3.05, 3.63) is 53.2 Å². The van der Waals surface area contributed by atoms with Gasteiger partial charge in [-0.1, -0.05) is 25.1 Å². The van der Waals surface area contributed by atoms with Gasteiger partial charge in [-0.25, -0.2) is 13.4 Å². The number of aryl methyl sites for hydroxylation is 2. The van der Waals surface area contributed by atoms with Crippen LogP contribution in [0.5, 0.6) is 0 Å². The van der Waals surface area contributed by atoms with Crippen LogP contribution in [0.1, 0.15) is 37.4 Å². The predicted octanol–water partition coefficient (Wildman–Crippen LogP) is 4.30. The van der Waals surface area contributed by atoms with Gasteiger partial charge in [0, 0.05) is 30.4 Å². The number of piperidine rings is 1. The van der Waals surface area contributed by atoms with Gasteiger partial charge >= 0.3 is 0 Å². The molecule has 4 rings (SSSR count). The van der Waals surface area contributed by atoms with E-state index in [1.165, 1.54) is 11.3 Å². The fourth-order valence-corrected chi connectivity index (χ4v) is 5.90. The first-order valence-electron chi connectivity index (χ1n) is 10.9. The summed E-state index contributed by atoms with van der Waals surface area (Å²) in [6, 6.07) is 8.98. The average Bonchev–Trinajstić information content (AvgIpc) is 3.41. The van der Waals surface area contributed by atoms with Crippen LogP contribution in [0.3, 0.4) is 0 Å². The zero-order valence-electron chi connectivity index (χ0n) is 18.4. The van der Waals surface area contributed by atoms with Gasteiger partial charge in [0.1, 0.15) is 16.4 Å². The van der Waals surface area contributed by atoms with E-state index in [1.54, 1.807) is 22.9 Å². The number of nitrogens with one attached hydrogen (secondary N) is 1. The van der Waals surface area contributed by atoms with Crippen LogP contribution in [0.15, 0.2) is 46.8 Å². The highest BCUT2D eigenvalue weighted by atomic mass is 32.2. The summed E-state index contributed by atoms with van der Waals surface area (Å²) >= 11 is 1.44. The molecule has 2 aromatic heterocycles. The Hall–Kier alpha value is -2.65. The van der Waals surface area contributed by atoms with Crippen molar-refractivity contribution < 1.29 is 13.2 Å². The Labute approximate surface area is 193 Å². The molecule has 0 aliphatic carbocycles. The number of amides is 1. The number of benzene rings is 1. The number of nitrogens with zero attached hydrogens (tertiary/aromatic N) is 3. The van der Waals surface area contributed by atoms with Gasteiger partial charge in [-0.15, -0.1) is 11.3 Å². The minimum Gasteiger partial charge on any atom is -0.341 e. The Kier molecular flexibility index (Phi) is 6.66. The van der Waals surface area contributed by atoms with Crippen LogP contribution in [0, 0.1) is 6.92 Å². The number of rotatable bonds is 7. The second-order valence-corrected chi connectivity index (χ2v) is 10.6. The lowest BCUT2D eigenvalue weighted by atomic mass is 10.1. The maximum atomic E-state index is 13.2. The van der Waals surface area contributed by atoms with Crippen molar-refractivity contribution in [3.63, 3.8) is 0 Å². The second-order valence-electron chi connectivity index (χ2n) is 8.04. The van der Waals surface area contributed by atoms with Gasteiger partial charge < -0.3 is 9.47 Å². The molecular weight excluding hydrogens is 444 g/mol. The molecule has 170 valence electrons. The topological polar surface area (TPSA) is 84.3 Å². The summed E-state index contributed by atoms with van der Waals surface area (Å²) in [5, 5.41) is 2.62. The van der Waals surface area contributed by atoms with Crippen LogP contribution >= 0.6 is 11.3 Å². The number of likely N-dealkylation sites (tertiary alicyclic amines) is 1. The molecule has 1 aliphatic heterocycles. The van der Waals surface area contributed by atoms with Gasteiger partial charge in [0.2, 0.25) is 5.91 Å². The molecule has 0 saturated carbocycles. The molecule has 1 fully saturated rings. The molecule has 3 heterocycles. The molecule has 3 aromatic rings. The zero-order chi connectivity index (χ0) is 22.7. The number of para-hydroxylation sites is 1. The second kappa shape index (κ2) is 9.46. The molecule has 0 spiro atoms. The highest BCUT2D eigenvalue weighted by molar-refractivity contribution is 7.92. The minimum absolute atomic E-state index is 0.00284. The zero-order valence-corrected chi connectivity index (χ0v) is 20.0. The fourth-order valence-electron chi connectivity index (χ4n) is 3.93. The van der Waals surface area contributed by atoms with Crippen molar-refractivity contribution in [1.82, 2.24) is 14.5 Å². The lowest BCUT2D eigenvalue weighted by Gasteiger charge is -2.27. The summed E-state index contributed by atoms with van der Waals surface area (Å²) in [5.74, 6) is 0.00284. The third-order valence-corrected chi connectivity index (χ3v) is 7.99. The molecule has 0 atom stereocenters. The number of thiazole rings is 1. The summed E-state index contributed by atoms with van der Waals surface area (Å²) in [4.78, 5) is 19.4. The van der Waals surface area contributed by atoms with Gasteiger partial charge in [0.25, 0.3) is 10.0 Å². The molecule has 9 heteroatoms. The SMILES string of the molecule is CCc1ccccc1NS(=O)(=O)c1cc(-c2nc(C)cs2)n(CC(=O)N2CCCCC2)c1. The summed E-state index contributed by atoms with van der Waals surface area (Å²) in [5.41, 5.74) is 2.99. The first kappa shape index (κ1) is 22.5. The molecule has 0 unspecified atom stereocenters. The fraction of sp³-hybridized carbons (Fsp3) is 0.391. The minimum atomic E-state index is -3.83. The van der Waals surface area contributed by atoms with Crippen LogP contribution in [-0.2, 0) is 27.8 Å². The number of carbonyl (C=O) groups is 1. The lowest BCUT2D eigenvalue weighted by Crippen LogP contribution is -2.37. The number of anilines is 1. The van der Waals surface area contributed by atoms with Crippen molar-refractivity contribution in [2.45, 2.75) is 51.0 Å². The Bertz CT molecular complexity index is 1210. The molecule has 32 heavy (non-hydrogen) atoms. The van der Waals surface area contributed by atoms with E-state index in [0.29, 0.717) is 22.8 Å². The molecule has 1 aliphatic rings. The molecule has 7 nitrogen and oxygen atoms in total. The van der Waals surface area contributed by atoms with Crippen molar-refractivity contribution in [2.75, 3.05) is 17.8 Å². The lowest BCUT2D eigenvalue weighted by molar-refractivity contribution is -0.132. The molecule has 1 N–H and O–H groups in total. The number of carbonyl (C=O) groups excluding carboxylic acids is 1. The Morgan fingerprint density at radius 3 is 2.62 bits per heavy atom. The highest BCUT2D eigenvalue weighted by Crippen LogP contribution is 2.29. The van der Waals surface area contributed by atoms with Gasteiger partial charge in [-0.05, 0) is 50.3 Å². The van der Waals surface area contributed by atoms with Crippen molar-refractivity contribution in [1.29, 1.82) is 0 Å². The van der Waals surface area contributed by atoms with E-state index in [4.69, 9.17) is 0 Å². The van der Waals surface area contributed by atoms with E-state index >= 15 is 0 Å². The third-order valence-electron chi connectivity index (χ3n) is 5.68. The Balaban J connectivity index is 1.67. The maximum absolute atomic E-state index is 13.2. The smallest absolute Gasteiger partial charge is 0.263 e. The largest absolute Gasteiger partial charge is 0.341 e. The number of aromatic nitrogens is 2. The van der Waals surface area contributed by atoms with Gasteiger partial charge in [-0.2, -0.15) is 0 Å². The molecule has 0 radical (unpaired) electrons. The maximum Gasteiger partial charge on any atom is 0.263 e. The van der Waals surface area contributed by atoms with E-state index in [1.807, 2.05) is 42.3 Å². The quantitative estimate of drug-likeness (QED) is 0.556. The average molecular weight is 473 g/mol. The van der Waals surface area contributed by atoms with Gasteiger partial charge in [0.05, 0.1) is 11.4 Å². The van der Waals surface area contributed by atoms with E-state index in [0.717, 1.165) is 43.6 Å². The van der Waals surface area contributed by atoms with Crippen LogP contribution in [-0.4, -0.2) is 41.9 Å². The molecule has 1 amide bonds. The van der Waals surface area contributed by atoms with Crippen molar-refractivity contribution in [3.8, 4) is 10.7 Å². The summed E-state index contributed by atoms with van der Waals surface area (Å²) in [7, 11) is -3.83. The number of hydrogen-bond acceptors (Lipinski definition) is 5. The van der Waals surface area contributed by atoms with Crippen molar-refractivity contribution >= 4 is 33.0 Å². The summed E-state index contributed by atoms with van der Waals surface area (Å²) < 4.78 is 30.9. The summed E-state index contributed by atoms with van der Waals surface area (Å²) in [6.07, 6.45) is 5.43. The monoisotopic (exact) mass is 472 g/mol. The Morgan fingerprint density at radius 1 is 1.19 bits per heavy atom. The standard InChI is InChI=1S/C23H28N4O3S2/c1-3-18-9-5-6-10-20(18)25-32(29,30)19-13-21(23-24-17(2)16-31-23)27(14-19)15-22(28)26-11-7-4-8-12-26/h5-6,9-10,13-14,16,25H,3-4,7-8,11-12,15H2,1-2H3. The predicted molar refractivity (Wildman–Crippen MR) is 127 cm³/mol. The number of sulfonamides is 1. The van der Waals surface area contributed by atoms with Gasteiger partial charge in [0.15, 0.2) is 0 Å². The van der Waals surface area contributed by atoms with Crippen molar-refractivity contribution in [2.24, 2.45) is 0 Å². The highest BCUT2D eigenvalue weighted by Gasteiger charge is 2.24. The summed E-state index contributed by atoms with van der Waals surface area (Å²) in [6.45, 7) is 5.49. The number of hydrogen-bond donors (Lipinski definition) is 1. The van der Waals surface area contributed by atoms with Crippen LogP contribution in [0.4, 0.5) is 5.69 Å². The van der Waals surface area contributed by atoms with Crippen LogP contribution in [0.25, 0.3) is 10.7 Å². The molecule has 0 bridgehead atoms. The first-order chi connectivity index (χ1) is 15.4. The van der Waals surface area contributed by atoms with E-state index < -0.39 is 10.0 Å². The molecular formula is C23H28N4O3S2. The first-order valence-corrected chi connectivity index (χ1v) is 13.2. The van der Waals surface area contributed by atoms with Crippen LogP contribution < -0.4 is 4.72 Å². The van der Waals surface area contributed by atoms with E-state index in [2.05, 4.69) is 9.71 Å². The third kappa shape index (κ3) is 4.88. The normalized spacial score (nSPS) is 14.5. The van der Waals surface area contributed by atoms with Crippen LogP contribution in [0.2, 0.25) is 0 Å². The Morgan fingerprint density at radius 2 is 1.94 bits per heavy atom. The van der Waals surface area contributed by atoms with Gasteiger partial charge in [-0.3, -0.25) is 9.52 Å². The molecule has 1 saturated heterocycles. The van der Waals surface area contributed by atoms with E-state index in [-0.39, 0.29) is 17.3 Å². The molecule has 1 aromatic carbocycles. The van der Waals surface area contributed by atoms with E-state index in [9.17, 15) is 13.2 Å².